The van der Waals surface area contributed by atoms with Crippen molar-refractivity contribution in [1.29, 1.82) is 0 Å². The second-order valence-electron chi connectivity index (χ2n) is 6.49. The summed E-state index contributed by atoms with van der Waals surface area (Å²) in [6.45, 7) is 5.56. The number of alkyl halides is 2. The van der Waals surface area contributed by atoms with Gasteiger partial charge in [-0.25, -0.2) is 13.6 Å². The van der Waals surface area contributed by atoms with Gasteiger partial charge in [-0.05, 0) is 36.8 Å². The smallest absolute Gasteiger partial charge is 0.319 e. The van der Waals surface area contributed by atoms with Gasteiger partial charge in [0, 0.05) is 24.9 Å². The predicted octanol–water partition coefficient (Wildman–Crippen LogP) is 3.56. The van der Waals surface area contributed by atoms with E-state index in [0.29, 0.717) is 23.5 Å². The lowest BCUT2D eigenvalue weighted by Gasteiger charge is -2.21. The lowest BCUT2D eigenvalue weighted by Crippen LogP contribution is -2.30. The molecule has 2 amide bonds. The molecule has 0 radical (unpaired) electrons. The van der Waals surface area contributed by atoms with Crippen LogP contribution in [0.25, 0.3) is 0 Å². The van der Waals surface area contributed by atoms with Crippen LogP contribution in [0.1, 0.15) is 32.3 Å². The number of aliphatic hydroxyl groups is 1. The van der Waals surface area contributed by atoms with E-state index in [9.17, 15) is 13.6 Å². The Balaban J connectivity index is 2.45. The number of carbonyl (C=O) groups excluding carboxylic acids is 1. The molecule has 0 aliphatic rings. The van der Waals surface area contributed by atoms with E-state index < -0.39 is 13.0 Å². The molecular formula is C17H26F2N2O3. The van der Waals surface area contributed by atoms with Crippen LogP contribution in [-0.2, 0) is 0 Å². The van der Waals surface area contributed by atoms with Gasteiger partial charge in [0.05, 0.1) is 0 Å². The molecule has 1 aromatic rings. The summed E-state index contributed by atoms with van der Waals surface area (Å²) in [6, 6.07) is 4.52. The summed E-state index contributed by atoms with van der Waals surface area (Å²) in [5, 5.41) is 14.5. The summed E-state index contributed by atoms with van der Waals surface area (Å²) >= 11 is 0. The van der Waals surface area contributed by atoms with Crippen LogP contribution in [0, 0.1) is 12.3 Å². The summed E-state index contributed by atoms with van der Waals surface area (Å²) in [7, 11) is 0. The Morgan fingerprint density at radius 1 is 1.38 bits per heavy atom. The number of hydrogen-bond donors (Lipinski definition) is 3. The highest BCUT2D eigenvalue weighted by Gasteiger charge is 2.15. The Hall–Kier alpha value is -1.89. The molecule has 24 heavy (non-hydrogen) atoms. The third-order valence-electron chi connectivity index (χ3n) is 3.55. The van der Waals surface area contributed by atoms with Gasteiger partial charge >= 0.3 is 6.03 Å². The third-order valence-corrected chi connectivity index (χ3v) is 3.55. The highest BCUT2D eigenvalue weighted by atomic mass is 19.3. The molecule has 0 spiro atoms. The van der Waals surface area contributed by atoms with Crippen molar-refractivity contribution < 1.29 is 23.4 Å². The van der Waals surface area contributed by atoms with Crippen LogP contribution < -0.4 is 15.4 Å². The van der Waals surface area contributed by atoms with Crippen molar-refractivity contribution in [3.8, 4) is 5.75 Å². The quantitative estimate of drug-likeness (QED) is 0.600. The van der Waals surface area contributed by atoms with Crippen LogP contribution >= 0.6 is 0 Å². The first-order valence-corrected chi connectivity index (χ1v) is 7.91. The average molecular weight is 344 g/mol. The van der Waals surface area contributed by atoms with E-state index in [1.165, 1.54) is 6.07 Å². The summed E-state index contributed by atoms with van der Waals surface area (Å²) in [6.07, 6.45) is -1.01. The van der Waals surface area contributed by atoms with Gasteiger partial charge in [-0.15, -0.1) is 0 Å². The normalized spacial score (nSPS) is 11.5. The molecule has 0 aliphatic heterocycles. The fourth-order valence-electron chi connectivity index (χ4n) is 2.01. The number of urea groups is 1. The van der Waals surface area contributed by atoms with Gasteiger partial charge in [-0.2, -0.15) is 0 Å². The predicted molar refractivity (Wildman–Crippen MR) is 89.8 cm³/mol. The monoisotopic (exact) mass is 344 g/mol. The molecule has 1 aromatic carbocycles. The highest BCUT2D eigenvalue weighted by molar-refractivity contribution is 5.89. The standard InChI is InChI=1S/C17H26F2N2O3/c1-12-5-6-13(9-14(12)24-10-15(18)19)21-16(23)20-8-4-7-17(2,3)11-22/h5-6,9,15,22H,4,7-8,10-11H2,1-3H3,(H2,20,21,23). The maximum atomic E-state index is 12.2. The Kier molecular flexibility index (Phi) is 7.91. The van der Waals surface area contributed by atoms with Crippen LogP contribution in [0.2, 0.25) is 0 Å². The number of ether oxygens (including phenoxy) is 1. The van der Waals surface area contributed by atoms with Gasteiger partial charge in [0.2, 0.25) is 0 Å². The van der Waals surface area contributed by atoms with Gasteiger partial charge in [0.1, 0.15) is 12.4 Å². The van der Waals surface area contributed by atoms with Crippen molar-refractivity contribution in [3.63, 3.8) is 0 Å². The number of nitrogens with one attached hydrogen (secondary N) is 2. The molecule has 0 fully saturated rings. The zero-order chi connectivity index (χ0) is 18.2. The van der Waals surface area contributed by atoms with Gasteiger partial charge in [-0.1, -0.05) is 19.9 Å². The number of hydrogen-bond acceptors (Lipinski definition) is 3. The summed E-state index contributed by atoms with van der Waals surface area (Å²) in [5.41, 5.74) is 1.03. The Labute approximate surface area is 141 Å². The molecule has 7 heteroatoms. The van der Waals surface area contributed by atoms with Crippen molar-refractivity contribution in [2.45, 2.75) is 40.0 Å². The summed E-state index contributed by atoms with van der Waals surface area (Å²) in [5.74, 6) is 0.317. The maximum Gasteiger partial charge on any atom is 0.319 e. The fraction of sp³-hybridized carbons (Fsp3) is 0.588. The number of carbonyl (C=O) groups is 1. The number of amides is 2. The minimum absolute atomic E-state index is 0.101. The van der Waals surface area contributed by atoms with Crippen LogP contribution in [-0.4, -0.2) is 37.3 Å². The van der Waals surface area contributed by atoms with Crippen molar-refractivity contribution in [1.82, 2.24) is 5.32 Å². The molecule has 0 saturated carbocycles. The van der Waals surface area contributed by atoms with Gasteiger partial charge in [0.25, 0.3) is 6.43 Å². The van der Waals surface area contributed by atoms with E-state index in [0.717, 1.165) is 12.8 Å². The largest absolute Gasteiger partial charge is 0.487 e. The first-order valence-electron chi connectivity index (χ1n) is 7.91. The van der Waals surface area contributed by atoms with Crippen LogP contribution in [0.4, 0.5) is 19.3 Å². The van der Waals surface area contributed by atoms with Crippen molar-refractivity contribution in [2.24, 2.45) is 5.41 Å². The lowest BCUT2D eigenvalue weighted by molar-refractivity contribution is 0.0816. The van der Waals surface area contributed by atoms with Gasteiger partial charge < -0.3 is 20.5 Å². The molecule has 0 atom stereocenters. The van der Waals surface area contributed by atoms with Crippen molar-refractivity contribution in [2.75, 3.05) is 25.1 Å². The zero-order valence-corrected chi connectivity index (χ0v) is 14.4. The van der Waals surface area contributed by atoms with Crippen molar-refractivity contribution >= 4 is 11.7 Å². The number of aryl methyl sites for hydroxylation is 1. The van der Waals surface area contributed by atoms with Crippen molar-refractivity contribution in [3.05, 3.63) is 23.8 Å². The Morgan fingerprint density at radius 3 is 2.71 bits per heavy atom. The molecule has 5 nitrogen and oxygen atoms in total. The first kappa shape index (κ1) is 20.2. The molecule has 0 saturated heterocycles. The highest BCUT2D eigenvalue weighted by Crippen LogP contribution is 2.23. The molecule has 0 unspecified atom stereocenters. The second-order valence-corrected chi connectivity index (χ2v) is 6.49. The molecule has 3 N–H and O–H groups in total. The molecule has 0 aromatic heterocycles. The minimum Gasteiger partial charge on any atom is -0.487 e. The molecule has 1 rings (SSSR count). The van der Waals surface area contributed by atoms with Crippen LogP contribution in [0.5, 0.6) is 5.75 Å². The average Bonchev–Trinajstić information content (AvgIpc) is 2.52. The summed E-state index contributed by atoms with van der Waals surface area (Å²) in [4.78, 5) is 11.8. The Bertz CT molecular complexity index is 537. The molecule has 0 heterocycles. The van der Waals surface area contributed by atoms with E-state index in [1.807, 2.05) is 13.8 Å². The van der Waals surface area contributed by atoms with Gasteiger partial charge in [-0.3, -0.25) is 0 Å². The van der Waals surface area contributed by atoms with Crippen LogP contribution in [0.15, 0.2) is 18.2 Å². The van der Waals surface area contributed by atoms with Crippen LogP contribution in [0.3, 0.4) is 0 Å². The minimum atomic E-state index is -2.55. The number of aliphatic hydroxyl groups excluding tert-OH is 1. The Morgan fingerprint density at radius 2 is 2.08 bits per heavy atom. The van der Waals surface area contributed by atoms with E-state index in [2.05, 4.69) is 10.6 Å². The summed E-state index contributed by atoms with van der Waals surface area (Å²) < 4.78 is 29.5. The van der Waals surface area contributed by atoms with E-state index in [4.69, 9.17) is 9.84 Å². The third kappa shape index (κ3) is 7.59. The number of benzene rings is 1. The lowest BCUT2D eigenvalue weighted by atomic mass is 9.89. The topological polar surface area (TPSA) is 70.6 Å². The maximum absolute atomic E-state index is 12.2. The molecule has 0 bridgehead atoms. The first-order chi connectivity index (χ1) is 11.2. The van der Waals surface area contributed by atoms with E-state index in [-0.39, 0.29) is 18.1 Å². The zero-order valence-electron chi connectivity index (χ0n) is 14.4. The van der Waals surface area contributed by atoms with Gasteiger partial charge in [0.15, 0.2) is 0 Å². The number of anilines is 1. The fourth-order valence-corrected chi connectivity index (χ4v) is 2.01. The molecular weight excluding hydrogens is 318 g/mol. The number of halogens is 2. The van der Waals surface area contributed by atoms with E-state index in [1.54, 1.807) is 19.1 Å². The van der Waals surface area contributed by atoms with E-state index >= 15 is 0 Å². The number of rotatable bonds is 9. The SMILES string of the molecule is Cc1ccc(NC(=O)NCCCC(C)(C)CO)cc1OCC(F)F. The molecule has 0 aliphatic carbocycles. The molecule has 136 valence electrons. The second kappa shape index (κ2) is 9.42.